The number of phenolic OH excluding ortho intramolecular Hbond substituents is 1. The quantitative estimate of drug-likeness (QED) is 0.322. The molecule has 1 atom stereocenters. The van der Waals surface area contributed by atoms with Crippen LogP contribution in [0.5, 0.6) is 5.75 Å². The highest BCUT2D eigenvalue weighted by Crippen LogP contribution is 2.50. The molecule has 0 aliphatic carbocycles. The van der Waals surface area contributed by atoms with Gasteiger partial charge in [0.25, 0.3) is 0 Å². The Labute approximate surface area is 174 Å². The topological polar surface area (TPSA) is 78.8 Å². The highest BCUT2D eigenvalue weighted by Gasteiger charge is 2.30. The summed E-state index contributed by atoms with van der Waals surface area (Å²) in [6.45, 7) is 12.0. The van der Waals surface area contributed by atoms with Crippen LogP contribution in [0.4, 0.5) is 5.69 Å². The minimum absolute atomic E-state index is 0.255. The molecule has 0 aliphatic heterocycles. The molecule has 6 heteroatoms. The van der Waals surface area contributed by atoms with E-state index in [0.29, 0.717) is 24.3 Å². The summed E-state index contributed by atoms with van der Waals surface area (Å²) in [5.41, 5.74) is 8.42. The number of rotatable bonds is 9. The van der Waals surface area contributed by atoms with Gasteiger partial charge in [-0.3, -0.25) is 10.0 Å². The monoisotopic (exact) mass is 419 g/mol. The Balaban J connectivity index is 2.20. The normalized spacial score (nSPS) is 13.7. The van der Waals surface area contributed by atoms with Crippen molar-refractivity contribution in [2.75, 3.05) is 5.48 Å². The van der Waals surface area contributed by atoms with Crippen LogP contribution < -0.4 is 5.48 Å². The zero-order valence-electron chi connectivity index (χ0n) is 18.3. The van der Waals surface area contributed by atoms with Gasteiger partial charge in [-0.05, 0) is 85.0 Å². The largest absolute Gasteiger partial charge is 0.508 e. The van der Waals surface area contributed by atoms with E-state index in [-0.39, 0.29) is 11.6 Å². The molecule has 5 nitrogen and oxygen atoms in total. The maximum Gasteiger partial charge on any atom is 0.352 e. The third kappa shape index (κ3) is 5.85. The van der Waals surface area contributed by atoms with E-state index in [1.165, 1.54) is 5.56 Å². The first-order valence-electron chi connectivity index (χ1n) is 10.3. The Morgan fingerprint density at radius 3 is 2.17 bits per heavy atom. The number of nitrogens with one attached hydrogen (secondary N) is 1. The van der Waals surface area contributed by atoms with Crippen molar-refractivity contribution in [1.29, 1.82) is 0 Å². The van der Waals surface area contributed by atoms with Gasteiger partial charge in [-0.1, -0.05) is 39.8 Å². The van der Waals surface area contributed by atoms with Crippen LogP contribution in [0.3, 0.4) is 0 Å². The predicted octanol–water partition coefficient (Wildman–Crippen LogP) is 6.44. The summed E-state index contributed by atoms with van der Waals surface area (Å²) in [7, 11) is -3.72. The lowest BCUT2D eigenvalue weighted by Crippen LogP contribution is -2.11. The van der Waals surface area contributed by atoms with Crippen LogP contribution >= 0.6 is 7.60 Å². The number of aryl methyl sites for hydroxylation is 2. The fourth-order valence-corrected chi connectivity index (χ4v) is 4.96. The van der Waals surface area contributed by atoms with Gasteiger partial charge < -0.3 is 10.00 Å². The summed E-state index contributed by atoms with van der Waals surface area (Å²) in [4.78, 5) is 10.2. The smallest absolute Gasteiger partial charge is 0.352 e. The van der Waals surface area contributed by atoms with Crippen LogP contribution in [0.25, 0.3) is 0 Å². The molecule has 0 heterocycles. The second-order valence-electron chi connectivity index (χ2n) is 8.04. The van der Waals surface area contributed by atoms with Crippen LogP contribution in [-0.2, 0) is 15.6 Å². The highest BCUT2D eigenvalue weighted by molar-refractivity contribution is 7.53. The average molecular weight is 420 g/mol. The van der Waals surface area contributed by atoms with Gasteiger partial charge in [-0.25, -0.2) is 0 Å². The molecule has 0 amide bonds. The summed E-state index contributed by atoms with van der Waals surface area (Å²) < 4.78 is 17.6. The number of hydrogen-bond acceptors (Lipinski definition) is 4. The Morgan fingerprint density at radius 1 is 1.07 bits per heavy atom. The van der Waals surface area contributed by atoms with Gasteiger partial charge in [0.1, 0.15) is 5.75 Å². The lowest BCUT2D eigenvalue weighted by atomic mass is 9.92. The first-order chi connectivity index (χ1) is 13.6. The van der Waals surface area contributed by atoms with Gasteiger partial charge in [0.2, 0.25) is 0 Å². The van der Waals surface area contributed by atoms with Gasteiger partial charge in [-0.2, -0.15) is 4.62 Å². The number of aromatic hydroxyl groups is 1. The van der Waals surface area contributed by atoms with E-state index in [9.17, 15) is 14.6 Å². The molecule has 29 heavy (non-hydrogen) atoms. The second kappa shape index (κ2) is 9.80. The second-order valence-corrected chi connectivity index (χ2v) is 10.1. The third-order valence-electron chi connectivity index (χ3n) is 5.49. The van der Waals surface area contributed by atoms with Crippen molar-refractivity contribution in [3.63, 3.8) is 0 Å². The van der Waals surface area contributed by atoms with Gasteiger partial charge in [0, 0.05) is 0 Å². The molecule has 0 aromatic heterocycles. The molecule has 0 spiro atoms. The molecule has 2 aromatic carbocycles. The molecular formula is C23H34NO4P. The minimum atomic E-state index is -3.72. The number of hydrogen-bond donors (Lipinski definition) is 3. The Hall–Kier alpha value is -1.81. The fraction of sp³-hybridized carbons (Fsp3) is 0.478. The van der Waals surface area contributed by atoms with E-state index in [2.05, 4.69) is 25.4 Å². The van der Waals surface area contributed by atoms with Crippen molar-refractivity contribution >= 4 is 13.3 Å². The molecular weight excluding hydrogens is 385 g/mol. The molecule has 0 bridgehead atoms. The van der Waals surface area contributed by atoms with Crippen LogP contribution in [0, 0.1) is 13.8 Å². The SMILES string of the molecule is CCC(CC)P(=O)(O)ONc1cc(C)c(Cc2ccc(O)c(C(C)C)c2)c(C)c1. The summed E-state index contributed by atoms with van der Waals surface area (Å²) in [5.74, 6) is 0.588. The summed E-state index contributed by atoms with van der Waals surface area (Å²) >= 11 is 0. The van der Waals surface area contributed by atoms with E-state index in [4.69, 9.17) is 4.62 Å². The Bertz CT molecular complexity index is 867. The number of benzene rings is 2. The molecule has 2 rings (SSSR count). The van der Waals surface area contributed by atoms with E-state index < -0.39 is 7.60 Å². The molecule has 3 N–H and O–H groups in total. The van der Waals surface area contributed by atoms with Crippen LogP contribution in [-0.4, -0.2) is 15.7 Å². The number of anilines is 1. The maximum absolute atomic E-state index is 12.4. The Morgan fingerprint density at radius 2 is 1.66 bits per heavy atom. The van der Waals surface area contributed by atoms with Gasteiger partial charge in [-0.15, -0.1) is 0 Å². The summed E-state index contributed by atoms with van der Waals surface area (Å²) in [6.07, 6.45) is 1.94. The zero-order chi connectivity index (χ0) is 21.8. The van der Waals surface area contributed by atoms with E-state index in [1.54, 1.807) is 6.07 Å². The predicted molar refractivity (Wildman–Crippen MR) is 120 cm³/mol. The standard InChI is InChI=1S/C23H34NO4P/c1-7-20(8-2)29(26,27)28-24-19-11-16(5)22(17(6)12-19)14-18-9-10-23(25)21(13-18)15(3)4/h9-13,15,20,24-25H,7-8,14H2,1-6H3,(H,26,27). The first-order valence-corrected chi connectivity index (χ1v) is 11.9. The molecule has 0 radical (unpaired) electrons. The van der Waals surface area contributed by atoms with Crippen molar-refractivity contribution in [3.8, 4) is 5.75 Å². The molecule has 0 saturated carbocycles. The van der Waals surface area contributed by atoms with E-state index in [0.717, 1.165) is 28.7 Å². The highest BCUT2D eigenvalue weighted by atomic mass is 31.2. The average Bonchev–Trinajstić information content (AvgIpc) is 2.65. The van der Waals surface area contributed by atoms with Crippen molar-refractivity contribution < 1.29 is 19.2 Å². The van der Waals surface area contributed by atoms with E-state index >= 15 is 0 Å². The lowest BCUT2D eigenvalue weighted by molar-refractivity contribution is 0.297. The Kier molecular flexibility index (Phi) is 7.93. The first kappa shape index (κ1) is 23.5. The molecule has 2 aromatic rings. The van der Waals surface area contributed by atoms with E-state index in [1.807, 2.05) is 45.9 Å². The van der Waals surface area contributed by atoms with Crippen LogP contribution in [0.1, 0.15) is 74.3 Å². The molecule has 0 fully saturated rings. The van der Waals surface area contributed by atoms with Crippen molar-refractivity contribution in [2.45, 2.75) is 72.4 Å². The van der Waals surface area contributed by atoms with Crippen molar-refractivity contribution in [1.82, 2.24) is 0 Å². The van der Waals surface area contributed by atoms with Crippen molar-refractivity contribution in [2.24, 2.45) is 0 Å². The van der Waals surface area contributed by atoms with Gasteiger partial charge >= 0.3 is 7.60 Å². The van der Waals surface area contributed by atoms with Crippen molar-refractivity contribution in [3.05, 3.63) is 58.1 Å². The fourth-order valence-electron chi connectivity index (χ4n) is 3.65. The number of phenols is 1. The molecule has 1 unspecified atom stereocenters. The maximum atomic E-state index is 12.4. The molecule has 160 valence electrons. The van der Waals surface area contributed by atoms with Gasteiger partial charge in [0.05, 0.1) is 11.3 Å². The third-order valence-corrected chi connectivity index (χ3v) is 7.50. The summed E-state index contributed by atoms with van der Waals surface area (Å²) in [6, 6.07) is 9.63. The molecule has 0 saturated heterocycles. The molecule has 0 aliphatic rings. The minimum Gasteiger partial charge on any atom is -0.508 e. The van der Waals surface area contributed by atoms with Crippen LogP contribution in [0.2, 0.25) is 0 Å². The van der Waals surface area contributed by atoms with Gasteiger partial charge in [0.15, 0.2) is 0 Å². The summed E-state index contributed by atoms with van der Waals surface area (Å²) in [5, 5.41) is 10.1. The zero-order valence-corrected chi connectivity index (χ0v) is 19.2. The van der Waals surface area contributed by atoms with Crippen LogP contribution in [0.15, 0.2) is 30.3 Å². The lowest BCUT2D eigenvalue weighted by Gasteiger charge is -2.21.